The van der Waals surface area contributed by atoms with Gasteiger partial charge >= 0.3 is 0 Å². The number of ether oxygens (including phenoxy) is 2. The van der Waals surface area contributed by atoms with Crippen LogP contribution in [-0.4, -0.2) is 33.0 Å². The lowest BCUT2D eigenvalue weighted by molar-refractivity contribution is 0.297. The third-order valence-electron chi connectivity index (χ3n) is 4.58. The van der Waals surface area contributed by atoms with E-state index in [1.54, 1.807) is 10.9 Å². The van der Waals surface area contributed by atoms with E-state index >= 15 is 0 Å². The molecule has 1 aliphatic heterocycles. The van der Waals surface area contributed by atoms with Gasteiger partial charge in [-0.05, 0) is 24.6 Å². The van der Waals surface area contributed by atoms with Gasteiger partial charge < -0.3 is 14.8 Å². The van der Waals surface area contributed by atoms with Crippen molar-refractivity contribution in [1.29, 1.82) is 0 Å². The van der Waals surface area contributed by atoms with Gasteiger partial charge in [0.2, 0.25) is 0 Å². The Morgan fingerprint density at radius 1 is 1.19 bits per heavy atom. The summed E-state index contributed by atoms with van der Waals surface area (Å²) in [4.78, 5) is 9.24. The molecule has 0 spiro atoms. The zero-order chi connectivity index (χ0) is 18.1. The summed E-state index contributed by atoms with van der Waals surface area (Å²) in [6, 6.07) is 6.13. The van der Waals surface area contributed by atoms with Gasteiger partial charge in [0.1, 0.15) is 11.6 Å². The van der Waals surface area contributed by atoms with Crippen LogP contribution < -0.4 is 14.8 Å². The SMILES string of the molecule is CCc1nc(N[C@@H](C)c2ccc3c(c2)OCCCO3)c2cnn(C)c2n1. The Kier molecular flexibility index (Phi) is 4.36. The molecule has 0 radical (unpaired) electrons. The van der Waals surface area contributed by atoms with Crippen LogP contribution in [0.1, 0.15) is 37.7 Å². The van der Waals surface area contributed by atoms with E-state index in [-0.39, 0.29) is 6.04 Å². The monoisotopic (exact) mass is 353 g/mol. The number of rotatable bonds is 4. The van der Waals surface area contributed by atoms with E-state index in [0.717, 1.165) is 52.6 Å². The molecule has 0 aliphatic carbocycles. The third kappa shape index (κ3) is 3.05. The van der Waals surface area contributed by atoms with E-state index in [4.69, 9.17) is 9.47 Å². The van der Waals surface area contributed by atoms with Crippen molar-refractivity contribution >= 4 is 16.9 Å². The predicted octanol–water partition coefficient (Wildman–Crippen LogP) is 3.26. The first kappa shape index (κ1) is 16.6. The molecule has 3 aromatic rings. The summed E-state index contributed by atoms with van der Waals surface area (Å²) in [5, 5.41) is 8.75. The van der Waals surface area contributed by atoms with Crippen LogP contribution >= 0.6 is 0 Å². The number of nitrogens with zero attached hydrogens (tertiary/aromatic N) is 4. The maximum Gasteiger partial charge on any atom is 0.163 e. The molecule has 1 aromatic carbocycles. The summed E-state index contributed by atoms with van der Waals surface area (Å²) in [7, 11) is 1.89. The Labute approximate surface area is 152 Å². The molecular weight excluding hydrogens is 330 g/mol. The highest BCUT2D eigenvalue weighted by Gasteiger charge is 2.16. The minimum atomic E-state index is 0.0511. The average molecular weight is 353 g/mol. The predicted molar refractivity (Wildman–Crippen MR) is 99.8 cm³/mol. The van der Waals surface area contributed by atoms with E-state index in [9.17, 15) is 0 Å². The summed E-state index contributed by atoms with van der Waals surface area (Å²) < 4.78 is 13.3. The standard InChI is InChI=1S/C19H23N5O2/c1-4-17-22-18(14-11-20-24(3)19(14)23-17)21-12(2)13-6-7-15-16(10-13)26-9-5-8-25-15/h6-7,10-12H,4-5,8-9H2,1-3H3,(H,21,22,23)/t12-/m0/s1. The lowest BCUT2D eigenvalue weighted by atomic mass is 10.1. The van der Waals surface area contributed by atoms with Gasteiger partial charge in [0.15, 0.2) is 17.1 Å². The number of nitrogens with one attached hydrogen (secondary N) is 1. The van der Waals surface area contributed by atoms with Crippen LogP contribution in [0.25, 0.3) is 11.0 Å². The highest BCUT2D eigenvalue weighted by Crippen LogP contribution is 2.33. The summed E-state index contributed by atoms with van der Waals surface area (Å²) in [6.45, 7) is 5.53. The van der Waals surface area contributed by atoms with E-state index in [0.29, 0.717) is 13.2 Å². The zero-order valence-corrected chi connectivity index (χ0v) is 15.3. The topological polar surface area (TPSA) is 74.1 Å². The molecule has 7 nitrogen and oxygen atoms in total. The van der Waals surface area contributed by atoms with Gasteiger partial charge in [-0.1, -0.05) is 13.0 Å². The fourth-order valence-electron chi connectivity index (χ4n) is 3.07. The van der Waals surface area contributed by atoms with Crippen LogP contribution in [0, 0.1) is 0 Å². The minimum Gasteiger partial charge on any atom is -0.490 e. The molecule has 1 aliphatic rings. The molecule has 4 rings (SSSR count). The van der Waals surface area contributed by atoms with Gasteiger partial charge in [-0.2, -0.15) is 5.10 Å². The maximum atomic E-state index is 5.81. The van der Waals surface area contributed by atoms with Crippen molar-refractivity contribution in [3.8, 4) is 11.5 Å². The summed E-state index contributed by atoms with van der Waals surface area (Å²) in [5.41, 5.74) is 1.95. The number of aryl methyl sites for hydroxylation is 2. The van der Waals surface area contributed by atoms with Crippen molar-refractivity contribution in [2.75, 3.05) is 18.5 Å². The van der Waals surface area contributed by atoms with E-state index in [1.165, 1.54) is 0 Å². The quantitative estimate of drug-likeness (QED) is 0.776. The molecule has 26 heavy (non-hydrogen) atoms. The van der Waals surface area contributed by atoms with Crippen molar-refractivity contribution in [1.82, 2.24) is 19.7 Å². The van der Waals surface area contributed by atoms with Gasteiger partial charge in [0, 0.05) is 19.9 Å². The first-order chi connectivity index (χ1) is 12.7. The number of benzene rings is 1. The molecule has 1 atom stereocenters. The van der Waals surface area contributed by atoms with Gasteiger partial charge in [-0.25, -0.2) is 9.97 Å². The van der Waals surface area contributed by atoms with Crippen LogP contribution in [0.4, 0.5) is 5.82 Å². The summed E-state index contributed by atoms with van der Waals surface area (Å²) in [5.74, 6) is 3.22. The van der Waals surface area contributed by atoms with Crippen LogP contribution in [0.3, 0.4) is 0 Å². The zero-order valence-electron chi connectivity index (χ0n) is 15.3. The molecule has 0 unspecified atom stereocenters. The Bertz CT molecular complexity index is 937. The number of hydrogen-bond acceptors (Lipinski definition) is 6. The number of fused-ring (bicyclic) bond motifs is 2. The van der Waals surface area contributed by atoms with Crippen molar-refractivity contribution < 1.29 is 9.47 Å². The van der Waals surface area contributed by atoms with Crippen molar-refractivity contribution in [3.63, 3.8) is 0 Å². The smallest absolute Gasteiger partial charge is 0.163 e. The Hall–Kier alpha value is -2.83. The van der Waals surface area contributed by atoms with Crippen molar-refractivity contribution in [3.05, 3.63) is 35.8 Å². The molecule has 7 heteroatoms. The first-order valence-electron chi connectivity index (χ1n) is 9.00. The molecular formula is C19H23N5O2. The molecule has 0 bridgehead atoms. The van der Waals surface area contributed by atoms with Crippen LogP contribution in [0.5, 0.6) is 11.5 Å². The Balaban J connectivity index is 1.65. The molecule has 0 saturated heterocycles. The van der Waals surface area contributed by atoms with E-state index in [1.807, 2.05) is 19.2 Å². The highest BCUT2D eigenvalue weighted by molar-refractivity contribution is 5.86. The Morgan fingerprint density at radius 2 is 2.00 bits per heavy atom. The molecule has 0 amide bonds. The highest BCUT2D eigenvalue weighted by atomic mass is 16.5. The number of hydrogen-bond donors (Lipinski definition) is 1. The van der Waals surface area contributed by atoms with Crippen LogP contribution in [0.15, 0.2) is 24.4 Å². The number of aromatic nitrogens is 4. The minimum absolute atomic E-state index is 0.0511. The lowest BCUT2D eigenvalue weighted by Crippen LogP contribution is -2.10. The van der Waals surface area contributed by atoms with Gasteiger partial charge in [-0.15, -0.1) is 0 Å². The second kappa shape index (κ2) is 6.82. The third-order valence-corrected chi connectivity index (χ3v) is 4.58. The molecule has 136 valence electrons. The maximum absolute atomic E-state index is 5.81. The van der Waals surface area contributed by atoms with E-state index < -0.39 is 0 Å². The van der Waals surface area contributed by atoms with Gasteiger partial charge in [0.25, 0.3) is 0 Å². The summed E-state index contributed by atoms with van der Waals surface area (Å²) >= 11 is 0. The largest absolute Gasteiger partial charge is 0.490 e. The fraction of sp³-hybridized carbons (Fsp3) is 0.421. The fourth-order valence-corrected chi connectivity index (χ4v) is 3.07. The Morgan fingerprint density at radius 3 is 2.81 bits per heavy atom. The van der Waals surface area contributed by atoms with E-state index in [2.05, 4.69) is 40.3 Å². The van der Waals surface area contributed by atoms with Gasteiger partial charge in [-0.3, -0.25) is 4.68 Å². The second-order valence-corrected chi connectivity index (χ2v) is 6.47. The van der Waals surface area contributed by atoms with Gasteiger partial charge in [0.05, 0.1) is 30.8 Å². The molecule has 0 saturated carbocycles. The average Bonchev–Trinajstić information content (AvgIpc) is 2.88. The van der Waals surface area contributed by atoms with Crippen molar-refractivity contribution in [2.45, 2.75) is 32.7 Å². The lowest BCUT2D eigenvalue weighted by Gasteiger charge is -2.18. The number of anilines is 1. The molecule has 3 heterocycles. The van der Waals surface area contributed by atoms with Crippen LogP contribution in [0.2, 0.25) is 0 Å². The molecule has 0 fully saturated rings. The summed E-state index contributed by atoms with van der Waals surface area (Å²) in [6.07, 6.45) is 3.48. The first-order valence-corrected chi connectivity index (χ1v) is 9.00. The van der Waals surface area contributed by atoms with Crippen molar-refractivity contribution in [2.24, 2.45) is 7.05 Å². The normalized spacial score (nSPS) is 14.9. The molecule has 1 N–H and O–H groups in total. The second-order valence-electron chi connectivity index (χ2n) is 6.47. The molecule has 2 aromatic heterocycles. The van der Waals surface area contributed by atoms with Crippen LogP contribution in [-0.2, 0) is 13.5 Å².